The molecule has 0 unspecified atom stereocenters. The van der Waals surface area contributed by atoms with E-state index in [9.17, 15) is 23.9 Å². The zero-order valence-corrected chi connectivity index (χ0v) is 18.1. The molecule has 6 nitrogen and oxygen atoms in total. The van der Waals surface area contributed by atoms with E-state index in [1.807, 2.05) is 0 Å². The van der Waals surface area contributed by atoms with Crippen LogP contribution in [0, 0.1) is 5.82 Å². The fourth-order valence-corrected chi connectivity index (χ4v) is 3.87. The van der Waals surface area contributed by atoms with Crippen molar-refractivity contribution in [3.8, 4) is 0 Å². The van der Waals surface area contributed by atoms with Gasteiger partial charge in [-0.2, -0.15) is 0 Å². The highest BCUT2D eigenvalue weighted by Gasteiger charge is 2.45. The van der Waals surface area contributed by atoms with Gasteiger partial charge in [0, 0.05) is 23.0 Å². The molecule has 1 fully saturated rings. The van der Waals surface area contributed by atoms with Crippen molar-refractivity contribution >= 4 is 39.3 Å². The van der Waals surface area contributed by atoms with Gasteiger partial charge in [0.25, 0.3) is 11.7 Å². The van der Waals surface area contributed by atoms with Crippen LogP contribution in [-0.4, -0.2) is 39.3 Å². The molecule has 0 aromatic heterocycles. The molecule has 2 N–H and O–H groups in total. The van der Waals surface area contributed by atoms with E-state index in [2.05, 4.69) is 15.9 Å². The Morgan fingerprint density at radius 3 is 2.23 bits per heavy atom. The average molecular weight is 490 g/mol. The smallest absolute Gasteiger partial charge is 0.303 e. The summed E-state index contributed by atoms with van der Waals surface area (Å²) in [5.41, 5.74) is 0.837. The Morgan fingerprint density at radius 2 is 1.61 bits per heavy atom. The molecular formula is C23H21BrFNO5. The summed E-state index contributed by atoms with van der Waals surface area (Å²) in [5, 5.41) is 19.7. The van der Waals surface area contributed by atoms with E-state index in [1.165, 1.54) is 29.2 Å². The zero-order chi connectivity index (χ0) is 22.5. The first-order valence-corrected chi connectivity index (χ1v) is 10.6. The van der Waals surface area contributed by atoms with Crippen molar-refractivity contribution in [2.24, 2.45) is 0 Å². The predicted molar refractivity (Wildman–Crippen MR) is 116 cm³/mol. The maximum absolute atomic E-state index is 13.5. The van der Waals surface area contributed by atoms with Gasteiger partial charge in [-0.15, -0.1) is 0 Å². The lowest BCUT2D eigenvalue weighted by molar-refractivity contribution is -0.140. The molecule has 162 valence electrons. The number of amides is 1. The fraction of sp³-hybridized carbons (Fsp3) is 0.261. The monoisotopic (exact) mass is 489 g/mol. The molecular weight excluding hydrogens is 469 g/mol. The number of hydrogen-bond donors (Lipinski definition) is 2. The first-order valence-electron chi connectivity index (χ1n) is 9.81. The lowest BCUT2D eigenvalue weighted by Crippen LogP contribution is -2.30. The molecule has 31 heavy (non-hydrogen) atoms. The molecule has 3 rings (SSSR count). The minimum absolute atomic E-state index is 0.0315. The van der Waals surface area contributed by atoms with Gasteiger partial charge < -0.3 is 15.1 Å². The van der Waals surface area contributed by atoms with Crippen molar-refractivity contribution in [3.05, 3.63) is 75.5 Å². The Labute approximate surface area is 187 Å². The second-order valence-corrected chi connectivity index (χ2v) is 8.17. The van der Waals surface area contributed by atoms with Crippen LogP contribution in [0.2, 0.25) is 0 Å². The molecule has 1 atom stereocenters. The highest BCUT2D eigenvalue weighted by Crippen LogP contribution is 2.39. The quantitative estimate of drug-likeness (QED) is 0.243. The van der Waals surface area contributed by atoms with Gasteiger partial charge in [-0.3, -0.25) is 14.4 Å². The van der Waals surface area contributed by atoms with Gasteiger partial charge in [0.05, 0.1) is 11.6 Å². The van der Waals surface area contributed by atoms with Crippen LogP contribution >= 0.6 is 15.9 Å². The molecule has 0 saturated carbocycles. The predicted octanol–water partition coefficient (Wildman–Crippen LogP) is 4.65. The van der Waals surface area contributed by atoms with Crippen molar-refractivity contribution in [2.45, 2.75) is 31.7 Å². The molecule has 1 amide bonds. The maximum atomic E-state index is 13.5. The van der Waals surface area contributed by atoms with Crippen molar-refractivity contribution in [2.75, 3.05) is 6.54 Å². The number of carbonyl (C=O) groups excluding carboxylic acids is 2. The third-order valence-electron chi connectivity index (χ3n) is 5.13. The van der Waals surface area contributed by atoms with Gasteiger partial charge in [0.2, 0.25) is 0 Å². The number of ketones is 1. The summed E-state index contributed by atoms with van der Waals surface area (Å²) in [5.74, 6) is -3.19. The Morgan fingerprint density at radius 1 is 0.968 bits per heavy atom. The Hall–Kier alpha value is -3.00. The van der Waals surface area contributed by atoms with E-state index in [0.29, 0.717) is 30.4 Å². The summed E-state index contributed by atoms with van der Waals surface area (Å²) in [6, 6.07) is 11.3. The number of Topliss-reactive ketones (excluding diaryl/α,β-unsaturated/α-hetero) is 1. The second-order valence-electron chi connectivity index (χ2n) is 7.26. The molecule has 1 saturated heterocycles. The number of rotatable bonds is 8. The highest BCUT2D eigenvalue weighted by molar-refractivity contribution is 9.10. The van der Waals surface area contributed by atoms with Crippen LogP contribution in [0.15, 0.2) is 58.6 Å². The van der Waals surface area contributed by atoms with Crippen molar-refractivity contribution in [3.63, 3.8) is 0 Å². The molecule has 1 aliphatic rings. The van der Waals surface area contributed by atoms with Gasteiger partial charge >= 0.3 is 5.97 Å². The number of aliphatic hydroxyl groups is 1. The van der Waals surface area contributed by atoms with Gasteiger partial charge in [0.15, 0.2) is 0 Å². The van der Waals surface area contributed by atoms with E-state index in [1.54, 1.807) is 24.3 Å². The van der Waals surface area contributed by atoms with E-state index < -0.39 is 29.5 Å². The average Bonchev–Trinajstić information content (AvgIpc) is 2.99. The second kappa shape index (κ2) is 9.87. The first-order chi connectivity index (χ1) is 14.8. The summed E-state index contributed by atoms with van der Waals surface area (Å²) >= 11 is 3.32. The molecule has 0 aliphatic carbocycles. The fourth-order valence-electron chi connectivity index (χ4n) is 3.60. The van der Waals surface area contributed by atoms with Gasteiger partial charge in [-0.25, -0.2) is 4.39 Å². The SMILES string of the molecule is O=C(O)CCCCCN1C(=O)C(=O)/C(=C(/O)c2ccc(Br)cc2)[C@@H]1c1ccc(F)cc1. The summed E-state index contributed by atoms with van der Waals surface area (Å²) < 4.78 is 14.3. The number of benzene rings is 2. The Bertz CT molecular complexity index is 1020. The standard InChI is InChI=1S/C23H21BrFNO5/c24-16-9-5-15(6-10-16)21(29)19-20(14-7-11-17(25)12-8-14)26(23(31)22(19)30)13-3-1-2-4-18(27)28/h5-12,20,29H,1-4,13H2,(H,27,28)/b21-19+/t20-/m0/s1. The number of nitrogens with zero attached hydrogens (tertiary/aromatic N) is 1. The number of unbranched alkanes of at least 4 members (excludes halogenated alkanes) is 2. The molecule has 1 heterocycles. The normalized spacial score (nSPS) is 17.9. The molecule has 1 aliphatic heterocycles. The third kappa shape index (κ3) is 5.19. The van der Waals surface area contributed by atoms with Gasteiger partial charge in [-0.05, 0) is 42.7 Å². The number of aliphatic hydroxyl groups excluding tert-OH is 1. The number of carboxylic acid groups (broad SMARTS) is 1. The van der Waals surface area contributed by atoms with E-state index in [4.69, 9.17) is 5.11 Å². The van der Waals surface area contributed by atoms with Crippen molar-refractivity contribution < 1.29 is 29.0 Å². The van der Waals surface area contributed by atoms with Crippen LogP contribution in [-0.2, 0) is 14.4 Å². The molecule has 0 bridgehead atoms. The van der Waals surface area contributed by atoms with Crippen LogP contribution in [0.4, 0.5) is 4.39 Å². The minimum Gasteiger partial charge on any atom is -0.507 e. The summed E-state index contributed by atoms with van der Waals surface area (Å²) in [6.45, 7) is 0.212. The van der Waals surface area contributed by atoms with E-state index in [0.717, 1.165) is 4.47 Å². The van der Waals surface area contributed by atoms with E-state index in [-0.39, 0.29) is 24.3 Å². The van der Waals surface area contributed by atoms with Crippen LogP contribution in [0.3, 0.4) is 0 Å². The number of carbonyl (C=O) groups is 3. The number of likely N-dealkylation sites (tertiary alicyclic amines) is 1. The van der Waals surface area contributed by atoms with Crippen LogP contribution in [0.1, 0.15) is 42.9 Å². The summed E-state index contributed by atoms with van der Waals surface area (Å²) in [7, 11) is 0. The van der Waals surface area contributed by atoms with Crippen molar-refractivity contribution in [1.29, 1.82) is 0 Å². The number of hydrogen-bond acceptors (Lipinski definition) is 4. The molecule has 2 aromatic carbocycles. The lowest BCUT2D eigenvalue weighted by atomic mass is 9.95. The maximum Gasteiger partial charge on any atom is 0.303 e. The number of carboxylic acids is 1. The molecule has 0 spiro atoms. The summed E-state index contributed by atoms with van der Waals surface area (Å²) in [4.78, 5) is 37.7. The van der Waals surface area contributed by atoms with Crippen LogP contribution < -0.4 is 0 Å². The molecule has 0 radical (unpaired) electrons. The molecule has 8 heteroatoms. The summed E-state index contributed by atoms with van der Waals surface area (Å²) in [6.07, 6.45) is 1.55. The first kappa shape index (κ1) is 22.7. The van der Waals surface area contributed by atoms with Crippen LogP contribution in [0.5, 0.6) is 0 Å². The van der Waals surface area contributed by atoms with Crippen molar-refractivity contribution in [1.82, 2.24) is 4.90 Å². The lowest BCUT2D eigenvalue weighted by Gasteiger charge is -2.25. The highest BCUT2D eigenvalue weighted by atomic mass is 79.9. The minimum atomic E-state index is -0.888. The molecule has 2 aromatic rings. The number of halogens is 2. The Balaban J connectivity index is 1.96. The topological polar surface area (TPSA) is 94.9 Å². The van der Waals surface area contributed by atoms with E-state index >= 15 is 0 Å². The Kier molecular flexibility index (Phi) is 7.22. The van der Waals surface area contributed by atoms with Gasteiger partial charge in [0.1, 0.15) is 11.6 Å². The zero-order valence-electron chi connectivity index (χ0n) is 16.6. The third-order valence-corrected chi connectivity index (χ3v) is 5.66. The van der Waals surface area contributed by atoms with Gasteiger partial charge in [-0.1, -0.05) is 46.6 Å². The number of aliphatic carboxylic acids is 1. The largest absolute Gasteiger partial charge is 0.507 e. The van der Waals surface area contributed by atoms with Crippen LogP contribution in [0.25, 0.3) is 5.76 Å².